The number of hydrogen-bond acceptors (Lipinski definition) is 3. The molecule has 0 atom stereocenters. The summed E-state index contributed by atoms with van der Waals surface area (Å²) in [7, 11) is -4.02. The van der Waals surface area contributed by atoms with Crippen molar-refractivity contribution in [2.45, 2.75) is 41.4 Å². The number of benzene rings is 3. The molecular weight excluding hydrogens is 482 g/mol. The quantitative estimate of drug-likeness (QED) is 0.349. The first-order valence-corrected chi connectivity index (χ1v) is 11.4. The first kappa shape index (κ1) is 25.6. The van der Waals surface area contributed by atoms with Gasteiger partial charge in [0.15, 0.2) is 9.84 Å². The number of ether oxygens (including phenoxy) is 1. The molecule has 3 aromatic rings. The van der Waals surface area contributed by atoms with E-state index in [1.165, 1.54) is 56.3 Å². The third-order valence-corrected chi connectivity index (χ3v) is 8.00. The summed E-state index contributed by atoms with van der Waals surface area (Å²) in [6.07, 6.45) is -11.8. The summed E-state index contributed by atoms with van der Waals surface area (Å²) in [5.41, 5.74) is -5.88. The molecule has 3 nitrogen and oxygen atoms in total. The van der Waals surface area contributed by atoms with Crippen molar-refractivity contribution in [1.82, 2.24) is 0 Å². The van der Waals surface area contributed by atoms with Crippen LogP contribution in [0.3, 0.4) is 0 Å². The summed E-state index contributed by atoms with van der Waals surface area (Å²) in [4.78, 5) is -0.0311. The van der Waals surface area contributed by atoms with Crippen LogP contribution < -0.4 is 4.74 Å². The zero-order chi connectivity index (χ0) is 25.4. The summed E-state index contributed by atoms with van der Waals surface area (Å²) >= 11 is 0. The number of halogens is 6. The minimum absolute atomic E-state index is 0.0121. The molecule has 0 bridgehead atoms. The van der Waals surface area contributed by atoms with Gasteiger partial charge in [0, 0.05) is 5.56 Å². The molecule has 0 spiro atoms. The molecule has 10 heteroatoms. The zero-order valence-electron chi connectivity index (χ0n) is 18.0. The summed E-state index contributed by atoms with van der Waals surface area (Å²) in [6, 6.07) is 16.3. The van der Waals surface area contributed by atoms with Crippen LogP contribution in [-0.2, 0) is 20.2 Å². The molecule has 34 heavy (non-hydrogen) atoms. The maximum atomic E-state index is 14.0. The van der Waals surface area contributed by atoms with Crippen LogP contribution >= 0.6 is 0 Å². The lowest BCUT2D eigenvalue weighted by molar-refractivity contribution is -0.365. The molecule has 3 aromatic carbocycles. The standard InChI is InChI=1S/C24H20F6O3S/c1-21(2,34(31,32)20-11-7-4-8-12-20)17-13-15-18(16-14-17)22(23(25,26)27,24(28,29)30)33-19-9-5-3-6-10-19/h3-16H,1-2H3. The number of sulfone groups is 1. The van der Waals surface area contributed by atoms with Gasteiger partial charge in [0.2, 0.25) is 0 Å². The molecule has 0 N–H and O–H groups in total. The molecule has 182 valence electrons. The number of hydrogen-bond donors (Lipinski definition) is 0. The van der Waals surface area contributed by atoms with E-state index in [1.54, 1.807) is 6.07 Å². The highest BCUT2D eigenvalue weighted by molar-refractivity contribution is 7.92. The van der Waals surface area contributed by atoms with Crippen LogP contribution in [-0.4, -0.2) is 20.8 Å². The Hall–Kier alpha value is -3.01. The topological polar surface area (TPSA) is 43.4 Å². The molecule has 0 radical (unpaired) electrons. The van der Waals surface area contributed by atoms with Crippen molar-refractivity contribution < 1.29 is 39.5 Å². The monoisotopic (exact) mass is 502 g/mol. The van der Waals surface area contributed by atoms with Crippen LogP contribution in [0.1, 0.15) is 25.0 Å². The lowest BCUT2D eigenvalue weighted by Gasteiger charge is -2.38. The molecule has 0 saturated heterocycles. The van der Waals surface area contributed by atoms with Crippen LogP contribution in [0.15, 0.2) is 89.8 Å². The average Bonchev–Trinajstić information content (AvgIpc) is 2.77. The van der Waals surface area contributed by atoms with Crippen molar-refractivity contribution >= 4 is 9.84 Å². The predicted molar refractivity (Wildman–Crippen MR) is 114 cm³/mol. The van der Waals surface area contributed by atoms with E-state index in [2.05, 4.69) is 4.74 Å². The summed E-state index contributed by atoms with van der Waals surface area (Å²) in [6.45, 7) is 2.65. The van der Waals surface area contributed by atoms with Gasteiger partial charge in [0.05, 0.1) is 9.64 Å². The Balaban J connectivity index is 2.14. The zero-order valence-corrected chi connectivity index (χ0v) is 18.8. The highest BCUT2D eigenvalue weighted by Gasteiger charge is 2.74. The lowest BCUT2D eigenvalue weighted by atomic mass is 9.89. The minimum Gasteiger partial charge on any atom is -0.464 e. The Morgan fingerprint density at radius 2 is 1.03 bits per heavy atom. The molecule has 0 aliphatic rings. The summed E-state index contributed by atoms with van der Waals surface area (Å²) < 4.78 is 113. The van der Waals surface area contributed by atoms with Crippen molar-refractivity contribution in [3.63, 3.8) is 0 Å². The van der Waals surface area contributed by atoms with E-state index in [0.29, 0.717) is 12.1 Å². The van der Waals surface area contributed by atoms with Crippen LogP contribution in [0.25, 0.3) is 0 Å². The molecule has 0 unspecified atom stereocenters. The van der Waals surface area contributed by atoms with Crippen molar-refractivity contribution in [1.29, 1.82) is 0 Å². The van der Waals surface area contributed by atoms with E-state index in [1.807, 2.05) is 0 Å². The molecule has 3 rings (SSSR count). The second kappa shape index (κ2) is 8.65. The van der Waals surface area contributed by atoms with E-state index in [-0.39, 0.29) is 10.5 Å². The van der Waals surface area contributed by atoms with Gasteiger partial charge >= 0.3 is 18.0 Å². The second-order valence-corrected chi connectivity index (χ2v) is 10.5. The van der Waals surface area contributed by atoms with Gasteiger partial charge in [-0.15, -0.1) is 0 Å². The Bertz CT molecular complexity index is 1200. The molecule has 0 aromatic heterocycles. The summed E-state index contributed by atoms with van der Waals surface area (Å²) in [5.74, 6) is -0.631. The Morgan fingerprint density at radius 1 is 0.618 bits per heavy atom. The summed E-state index contributed by atoms with van der Waals surface area (Å²) in [5, 5.41) is 0. The smallest absolute Gasteiger partial charge is 0.442 e. The molecular formula is C24H20F6O3S. The van der Waals surface area contributed by atoms with Gasteiger partial charge in [-0.1, -0.05) is 60.7 Å². The third kappa shape index (κ3) is 4.26. The largest absolute Gasteiger partial charge is 0.464 e. The molecule has 0 fully saturated rings. The number of para-hydroxylation sites is 1. The van der Waals surface area contributed by atoms with Gasteiger partial charge in [0.25, 0.3) is 0 Å². The Morgan fingerprint density at radius 3 is 1.47 bits per heavy atom. The van der Waals surface area contributed by atoms with Crippen molar-refractivity contribution in [2.24, 2.45) is 0 Å². The van der Waals surface area contributed by atoms with Gasteiger partial charge in [-0.2, -0.15) is 26.3 Å². The molecule has 0 aliphatic heterocycles. The maximum absolute atomic E-state index is 14.0. The van der Waals surface area contributed by atoms with Crippen LogP contribution in [0, 0.1) is 0 Å². The van der Waals surface area contributed by atoms with Crippen LogP contribution in [0.2, 0.25) is 0 Å². The minimum atomic E-state index is -5.88. The molecule has 0 heterocycles. The van der Waals surface area contributed by atoms with Crippen molar-refractivity contribution in [2.75, 3.05) is 0 Å². The lowest BCUT2D eigenvalue weighted by Crippen LogP contribution is -2.58. The second-order valence-electron chi connectivity index (χ2n) is 8.00. The number of alkyl halides is 6. The molecule has 0 saturated carbocycles. The van der Waals surface area contributed by atoms with Crippen molar-refractivity contribution in [3.8, 4) is 5.75 Å². The van der Waals surface area contributed by atoms with E-state index < -0.39 is 43.9 Å². The molecule has 0 amide bonds. The Kier molecular flexibility index (Phi) is 6.51. The van der Waals surface area contributed by atoms with Crippen LogP contribution in [0.5, 0.6) is 5.75 Å². The van der Waals surface area contributed by atoms with Gasteiger partial charge in [-0.05, 0) is 43.7 Å². The first-order valence-electron chi connectivity index (χ1n) is 9.93. The van der Waals surface area contributed by atoms with E-state index in [0.717, 1.165) is 24.3 Å². The Labute approximate surface area is 192 Å². The van der Waals surface area contributed by atoms with E-state index >= 15 is 0 Å². The van der Waals surface area contributed by atoms with E-state index in [9.17, 15) is 34.8 Å². The third-order valence-electron chi connectivity index (χ3n) is 5.52. The molecule has 0 aliphatic carbocycles. The number of rotatable bonds is 6. The van der Waals surface area contributed by atoms with Gasteiger partial charge in [-0.3, -0.25) is 0 Å². The van der Waals surface area contributed by atoms with Crippen molar-refractivity contribution in [3.05, 3.63) is 96.1 Å². The SMILES string of the molecule is CC(C)(c1ccc(C(Oc2ccccc2)(C(F)(F)F)C(F)(F)F)cc1)S(=O)(=O)c1ccccc1. The fraction of sp³-hybridized carbons (Fsp3) is 0.250. The maximum Gasteiger partial charge on any atom is 0.442 e. The first-order chi connectivity index (χ1) is 15.6. The van der Waals surface area contributed by atoms with Gasteiger partial charge in [-0.25, -0.2) is 8.42 Å². The fourth-order valence-corrected chi connectivity index (χ4v) is 5.03. The van der Waals surface area contributed by atoms with Gasteiger partial charge < -0.3 is 4.74 Å². The van der Waals surface area contributed by atoms with Crippen LogP contribution in [0.4, 0.5) is 26.3 Å². The average molecular weight is 502 g/mol. The van der Waals surface area contributed by atoms with E-state index in [4.69, 9.17) is 0 Å². The fourth-order valence-electron chi connectivity index (χ4n) is 3.48. The van der Waals surface area contributed by atoms with Gasteiger partial charge in [0.1, 0.15) is 5.75 Å². The highest BCUT2D eigenvalue weighted by Crippen LogP contribution is 2.53. The predicted octanol–water partition coefficient (Wildman–Crippen LogP) is 6.79. The highest BCUT2D eigenvalue weighted by atomic mass is 32.2. The normalized spacial score (nSPS) is 13.5.